The van der Waals surface area contributed by atoms with Crippen LogP contribution >= 0.6 is 0 Å². The van der Waals surface area contributed by atoms with Gasteiger partial charge in [0.2, 0.25) is 11.8 Å². The maximum Gasteiger partial charge on any atom is 0.326 e. The lowest BCUT2D eigenvalue weighted by Crippen LogP contribution is -2.56. The lowest BCUT2D eigenvalue weighted by atomic mass is 9.98. The number of H-pyrrole nitrogens is 1. The van der Waals surface area contributed by atoms with Crippen molar-refractivity contribution in [2.24, 2.45) is 11.7 Å². The number of aliphatic carboxylic acids is 2. The SMILES string of the molecule is CC[C@H](C)[C@H](N)C(=O)N[C@@H](Cc1cnc[nH]1)C(=O)N[C@@H](CCC(=O)O)C(=O)O. The molecule has 0 saturated heterocycles. The average molecular weight is 397 g/mol. The highest BCUT2D eigenvalue weighted by atomic mass is 16.4. The van der Waals surface area contributed by atoms with E-state index >= 15 is 0 Å². The molecule has 0 aliphatic heterocycles. The number of imidazole rings is 1. The maximum atomic E-state index is 12.6. The minimum absolute atomic E-state index is 0.0378. The maximum absolute atomic E-state index is 12.6. The minimum atomic E-state index is -1.40. The van der Waals surface area contributed by atoms with E-state index in [9.17, 15) is 24.3 Å². The van der Waals surface area contributed by atoms with Crippen molar-refractivity contribution in [1.82, 2.24) is 20.6 Å². The first-order valence-electron chi connectivity index (χ1n) is 8.93. The zero-order valence-corrected chi connectivity index (χ0v) is 15.8. The number of carbonyl (C=O) groups excluding carboxylic acids is 2. The van der Waals surface area contributed by atoms with E-state index in [2.05, 4.69) is 20.6 Å². The van der Waals surface area contributed by atoms with Crippen molar-refractivity contribution >= 4 is 23.8 Å². The average Bonchev–Trinajstić information content (AvgIpc) is 3.15. The first kappa shape index (κ1) is 23.1. The topological polar surface area (TPSA) is 187 Å². The Hall–Kier alpha value is -2.95. The smallest absolute Gasteiger partial charge is 0.326 e. The van der Waals surface area contributed by atoms with Crippen LogP contribution in [0.3, 0.4) is 0 Å². The molecule has 0 aromatic carbocycles. The predicted octanol–water partition coefficient (Wildman–Crippen LogP) is -0.755. The molecule has 0 aliphatic carbocycles. The van der Waals surface area contributed by atoms with Gasteiger partial charge < -0.3 is 31.6 Å². The van der Waals surface area contributed by atoms with Crippen LogP contribution in [-0.2, 0) is 25.6 Å². The molecule has 1 aromatic rings. The minimum Gasteiger partial charge on any atom is -0.481 e. The lowest BCUT2D eigenvalue weighted by Gasteiger charge is -2.24. The summed E-state index contributed by atoms with van der Waals surface area (Å²) in [6.07, 6.45) is 2.88. The number of hydrogen-bond donors (Lipinski definition) is 6. The van der Waals surface area contributed by atoms with E-state index in [0.29, 0.717) is 12.1 Å². The third-order valence-corrected chi connectivity index (χ3v) is 4.43. The monoisotopic (exact) mass is 397 g/mol. The molecule has 28 heavy (non-hydrogen) atoms. The highest BCUT2D eigenvalue weighted by Crippen LogP contribution is 2.07. The fourth-order valence-corrected chi connectivity index (χ4v) is 2.40. The molecule has 2 amide bonds. The number of aromatic nitrogens is 2. The van der Waals surface area contributed by atoms with E-state index in [1.165, 1.54) is 12.5 Å². The summed E-state index contributed by atoms with van der Waals surface area (Å²) in [5, 5.41) is 22.8. The first-order chi connectivity index (χ1) is 13.1. The van der Waals surface area contributed by atoms with Crippen LogP contribution in [-0.4, -0.2) is 62.1 Å². The van der Waals surface area contributed by atoms with E-state index in [1.54, 1.807) is 6.92 Å². The normalized spacial score (nSPS) is 15.1. The highest BCUT2D eigenvalue weighted by Gasteiger charge is 2.29. The van der Waals surface area contributed by atoms with Gasteiger partial charge in [0.15, 0.2) is 0 Å². The van der Waals surface area contributed by atoms with Gasteiger partial charge in [-0.2, -0.15) is 0 Å². The fraction of sp³-hybridized carbons (Fsp3) is 0.588. The van der Waals surface area contributed by atoms with Crippen LogP contribution in [0, 0.1) is 5.92 Å². The molecule has 0 unspecified atom stereocenters. The Labute approximate surface area is 162 Å². The molecule has 0 aliphatic rings. The van der Waals surface area contributed by atoms with Gasteiger partial charge >= 0.3 is 11.9 Å². The Morgan fingerprint density at radius 2 is 1.82 bits per heavy atom. The summed E-state index contributed by atoms with van der Waals surface area (Å²) in [5.74, 6) is -3.94. The van der Waals surface area contributed by atoms with Gasteiger partial charge in [-0.25, -0.2) is 9.78 Å². The molecule has 0 saturated carbocycles. The molecule has 0 bridgehead atoms. The van der Waals surface area contributed by atoms with E-state index < -0.39 is 48.3 Å². The van der Waals surface area contributed by atoms with Crippen molar-refractivity contribution in [2.45, 2.75) is 57.7 Å². The van der Waals surface area contributed by atoms with Gasteiger partial charge in [-0.3, -0.25) is 14.4 Å². The summed E-state index contributed by atoms with van der Waals surface area (Å²) in [6.45, 7) is 3.69. The van der Waals surface area contributed by atoms with Crippen LogP contribution in [0.4, 0.5) is 0 Å². The Morgan fingerprint density at radius 3 is 2.32 bits per heavy atom. The number of carboxylic acid groups (broad SMARTS) is 2. The lowest BCUT2D eigenvalue weighted by molar-refractivity contribution is -0.143. The summed E-state index contributed by atoms with van der Waals surface area (Å²) < 4.78 is 0. The predicted molar refractivity (Wildman–Crippen MR) is 98.1 cm³/mol. The summed E-state index contributed by atoms with van der Waals surface area (Å²) in [4.78, 5) is 53.6. The van der Waals surface area contributed by atoms with E-state index in [0.717, 1.165) is 0 Å². The second-order valence-corrected chi connectivity index (χ2v) is 6.59. The largest absolute Gasteiger partial charge is 0.481 e. The Morgan fingerprint density at radius 1 is 1.18 bits per heavy atom. The number of rotatable bonds is 12. The van der Waals surface area contributed by atoms with Crippen molar-refractivity contribution in [3.05, 3.63) is 18.2 Å². The van der Waals surface area contributed by atoms with Gasteiger partial charge in [-0.05, 0) is 12.3 Å². The van der Waals surface area contributed by atoms with Crippen LogP contribution < -0.4 is 16.4 Å². The third-order valence-electron chi connectivity index (χ3n) is 4.43. The second kappa shape index (κ2) is 11.0. The van der Waals surface area contributed by atoms with Gasteiger partial charge in [-0.15, -0.1) is 0 Å². The second-order valence-electron chi connectivity index (χ2n) is 6.59. The van der Waals surface area contributed by atoms with Gasteiger partial charge in [-0.1, -0.05) is 20.3 Å². The van der Waals surface area contributed by atoms with Gasteiger partial charge in [0.05, 0.1) is 12.4 Å². The zero-order chi connectivity index (χ0) is 21.3. The molecule has 4 atom stereocenters. The number of nitrogens with one attached hydrogen (secondary N) is 3. The number of nitrogens with zero attached hydrogens (tertiary/aromatic N) is 1. The summed E-state index contributed by atoms with van der Waals surface area (Å²) in [7, 11) is 0. The molecule has 0 spiro atoms. The molecule has 0 fully saturated rings. The highest BCUT2D eigenvalue weighted by molar-refractivity contribution is 5.92. The van der Waals surface area contributed by atoms with Crippen LogP contribution in [0.1, 0.15) is 38.8 Å². The molecule has 1 aromatic heterocycles. The molecule has 11 nitrogen and oxygen atoms in total. The Balaban J connectivity index is 2.90. The number of aromatic amines is 1. The standard InChI is InChI=1S/C17H27N5O6/c1-3-9(2)14(18)16(26)22-12(6-10-7-19-8-20-10)15(25)21-11(17(27)28)4-5-13(23)24/h7-9,11-12,14H,3-6,18H2,1-2H3,(H,19,20)(H,21,25)(H,22,26)(H,23,24)(H,27,28)/t9-,11-,12-,14-/m0/s1. The number of hydrogen-bond acceptors (Lipinski definition) is 6. The van der Waals surface area contributed by atoms with Crippen molar-refractivity contribution in [3.8, 4) is 0 Å². The number of nitrogens with two attached hydrogens (primary N) is 1. The van der Waals surface area contributed by atoms with Crippen molar-refractivity contribution in [1.29, 1.82) is 0 Å². The van der Waals surface area contributed by atoms with Crippen LogP contribution in [0.2, 0.25) is 0 Å². The summed E-state index contributed by atoms with van der Waals surface area (Å²) in [6, 6.07) is -3.33. The van der Waals surface area contributed by atoms with E-state index in [4.69, 9.17) is 10.8 Å². The van der Waals surface area contributed by atoms with Crippen molar-refractivity contribution < 1.29 is 29.4 Å². The van der Waals surface area contributed by atoms with Gasteiger partial charge in [0.25, 0.3) is 0 Å². The van der Waals surface area contributed by atoms with Crippen LogP contribution in [0.5, 0.6) is 0 Å². The third kappa shape index (κ3) is 7.35. The number of carboxylic acids is 2. The molecule has 156 valence electrons. The molecular weight excluding hydrogens is 370 g/mol. The number of carbonyl (C=O) groups is 4. The molecule has 1 rings (SSSR count). The zero-order valence-electron chi connectivity index (χ0n) is 15.8. The Bertz CT molecular complexity index is 678. The molecule has 11 heteroatoms. The van der Waals surface area contributed by atoms with E-state index in [1.807, 2.05) is 6.92 Å². The van der Waals surface area contributed by atoms with E-state index in [-0.39, 0.29) is 18.8 Å². The quantitative estimate of drug-likeness (QED) is 0.265. The van der Waals surface area contributed by atoms with Crippen LogP contribution in [0.15, 0.2) is 12.5 Å². The van der Waals surface area contributed by atoms with Crippen molar-refractivity contribution in [2.75, 3.05) is 0 Å². The first-order valence-corrected chi connectivity index (χ1v) is 8.93. The molecule has 1 heterocycles. The molecule has 0 radical (unpaired) electrons. The summed E-state index contributed by atoms with van der Waals surface area (Å²) in [5.41, 5.74) is 6.45. The number of amides is 2. The molecular formula is C17H27N5O6. The summed E-state index contributed by atoms with van der Waals surface area (Å²) >= 11 is 0. The van der Waals surface area contributed by atoms with Crippen molar-refractivity contribution in [3.63, 3.8) is 0 Å². The van der Waals surface area contributed by atoms with Gasteiger partial charge in [0.1, 0.15) is 12.1 Å². The fourth-order valence-electron chi connectivity index (χ4n) is 2.40. The Kier molecular flexibility index (Phi) is 9.09. The van der Waals surface area contributed by atoms with Gasteiger partial charge in [0, 0.05) is 24.7 Å². The molecule has 7 N–H and O–H groups in total. The van der Waals surface area contributed by atoms with Crippen LogP contribution in [0.25, 0.3) is 0 Å².